The molecule has 2 heterocycles. The Balaban J connectivity index is 0.000000443. The summed E-state index contributed by atoms with van der Waals surface area (Å²) in [5.74, 6) is 0. The van der Waals surface area contributed by atoms with E-state index in [2.05, 4.69) is 31.0 Å². The smallest absolute Gasteiger partial charge is 0.153 e. The predicted octanol–water partition coefficient (Wildman–Crippen LogP) is 3.17. The number of thioether (sulfide) groups is 2. The van der Waals surface area contributed by atoms with Crippen LogP contribution in [-0.2, 0) is 16.5 Å². The van der Waals surface area contributed by atoms with Crippen LogP contribution in [0, 0.1) is 0 Å². The maximum absolute atomic E-state index is 4.88. The zero-order valence-corrected chi connectivity index (χ0v) is 17.7. The van der Waals surface area contributed by atoms with Crippen LogP contribution in [0.5, 0.6) is 0 Å². The Kier molecular flexibility index (Phi) is 14.5. The molecule has 0 saturated carbocycles. The first kappa shape index (κ1) is 23.9. The van der Waals surface area contributed by atoms with Crippen molar-refractivity contribution in [2.45, 2.75) is 0 Å². The number of nitrogens with zero attached hydrogens (tertiary/aromatic N) is 2. The molecule has 0 aliphatic rings. The van der Waals surface area contributed by atoms with Crippen molar-refractivity contribution in [3.05, 3.63) is 48.0 Å². The fourth-order valence-corrected chi connectivity index (χ4v) is 1.64. The van der Waals surface area contributed by atoms with Gasteiger partial charge in [0, 0.05) is 28.9 Å². The molecule has 138 valence electrons. The molecule has 0 fully saturated rings. The van der Waals surface area contributed by atoms with Gasteiger partial charge in [-0.15, -0.1) is 0 Å². The molecule has 0 saturated heterocycles. The van der Waals surface area contributed by atoms with Crippen molar-refractivity contribution in [1.29, 1.82) is 0 Å². The van der Waals surface area contributed by atoms with Gasteiger partial charge in [0.1, 0.15) is 0 Å². The van der Waals surface area contributed by atoms with Gasteiger partial charge in [-0.05, 0) is 36.8 Å². The number of hydrogen-bond acceptors (Lipinski definition) is 6. The Morgan fingerprint density at radius 3 is 1.60 bits per heavy atom. The maximum atomic E-state index is 4.88. The normalized spacial score (nSPS) is 10.0. The van der Waals surface area contributed by atoms with Gasteiger partial charge >= 0.3 is 0 Å². The second-order valence-corrected chi connectivity index (χ2v) is 6.94. The summed E-state index contributed by atoms with van der Waals surface area (Å²) in [4.78, 5) is 5.98. The average molecular weight is 457 g/mol. The Bertz CT molecular complexity index is 597. The van der Waals surface area contributed by atoms with E-state index >= 15 is 0 Å². The largest absolute Gasteiger partial charge is 0.360 e. The van der Waals surface area contributed by atoms with Crippen molar-refractivity contribution in [3.8, 4) is 0 Å². The standard InChI is InChI=1S/2C7H9N3S2.Ni/c2*1-12-7(11)10-9-5-6-3-2-4-8-6;/h2*2-5,8H,1H3,(H,10,11);. The van der Waals surface area contributed by atoms with E-state index in [0.717, 1.165) is 11.4 Å². The van der Waals surface area contributed by atoms with Crippen LogP contribution in [-0.4, -0.2) is 43.5 Å². The predicted molar refractivity (Wildman–Crippen MR) is 115 cm³/mol. The Morgan fingerprint density at radius 2 is 1.32 bits per heavy atom. The van der Waals surface area contributed by atoms with Crippen LogP contribution in [0.2, 0.25) is 0 Å². The van der Waals surface area contributed by atoms with Gasteiger partial charge in [-0.25, -0.2) is 0 Å². The number of nitrogens with one attached hydrogen (secondary N) is 4. The molecule has 0 aromatic carbocycles. The van der Waals surface area contributed by atoms with E-state index < -0.39 is 0 Å². The van der Waals surface area contributed by atoms with Gasteiger partial charge in [0.05, 0.1) is 23.8 Å². The SMILES string of the molecule is CSC(=S)NN=Cc1ccc[nH]1.CSC(=S)NN=Cc1ccc[nH]1.[Ni]. The maximum Gasteiger partial charge on any atom is 0.153 e. The minimum Gasteiger partial charge on any atom is -0.360 e. The summed E-state index contributed by atoms with van der Waals surface area (Å²) >= 11 is 12.7. The first-order valence-electron chi connectivity index (χ1n) is 6.66. The van der Waals surface area contributed by atoms with E-state index in [0.29, 0.717) is 8.64 Å². The van der Waals surface area contributed by atoms with Crippen LogP contribution < -0.4 is 10.9 Å². The molecule has 4 N–H and O–H groups in total. The number of aromatic amines is 2. The number of aromatic nitrogens is 2. The van der Waals surface area contributed by atoms with Gasteiger partial charge in [-0.2, -0.15) is 10.2 Å². The van der Waals surface area contributed by atoms with Crippen LogP contribution in [0.15, 0.2) is 46.9 Å². The van der Waals surface area contributed by atoms with E-state index in [1.807, 2.05) is 49.2 Å². The molecular weight excluding hydrogens is 439 g/mol. The summed E-state index contributed by atoms with van der Waals surface area (Å²) in [5.41, 5.74) is 7.33. The van der Waals surface area contributed by atoms with Crippen molar-refractivity contribution in [3.63, 3.8) is 0 Å². The number of thiocarbonyl (C=S) groups is 2. The van der Waals surface area contributed by atoms with Crippen molar-refractivity contribution in [2.75, 3.05) is 12.5 Å². The Morgan fingerprint density at radius 1 is 0.920 bits per heavy atom. The van der Waals surface area contributed by atoms with Crippen LogP contribution in [0.3, 0.4) is 0 Å². The third-order valence-electron chi connectivity index (χ3n) is 2.33. The van der Waals surface area contributed by atoms with Crippen LogP contribution in [0.4, 0.5) is 0 Å². The molecule has 0 unspecified atom stereocenters. The number of hydrazone groups is 2. The van der Waals surface area contributed by atoms with Crippen LogP contribution in [0.25, 0.3) is 0 Å². The van der Waals surface area contributed by atoms with Crippen molar-refractivity contribution >= 4 is 69.0 Å². The van der Waals surface area contributed by atoms with Gasteiger partial charge in [-0.1, -0.05) is 48.0 Å². The van der Waals surface area contributed by atoms with E-state index in [1.54, 1.807) is 12.4 Å². The topological polar surface area (TPSA) is 80.4 Å². The number of rotatable bonds is 4. The fourth-order valence-electron chi connectivity index (χ4n) is 1.25. The van der Waals surface area contributed by atoms with Gasteiger partial charge in [0.2, 0.25) is 0 Å². The van der Waals surface area contributed by atoms with Gasteiger partial charge in [0.25, 0.3) is 0 Å². The van der Waals surface area contributed by atoms with Gasteiger partial charge < -0.3 is 9.97 Å². The summed E-state index contributed by atoms with van der Waals surface area (Å²) < 4.78 is 1.33. The van der Waals surface area contributed by atoms with E-state index in [9.17, 15) is 0 Å². The Labute approximate surface area is 176 Å². The molecule has 2 aromatic heterocycles. The Hall–Kier alpha value is -1.13. The average Bonchev–Trinajstić information content (AvgIpc) is 3.29. The number of H-pyrrole nitrogens is 2. The molecule has 2 aromatic rings. The van der Waals surface area contributed by atoms with E-state index in [4.69, 9.17) is 24.4 Å². The zero-order chi connectivity index (χ0) is 17.6. The molecule has 11 heteroatoms. The van der Waals surface area contributed by atoms with E-state index in [-0.39, 0.29) is 16.5 Å². The first-order valence-corrected chi connectivity index (χ1v) is 9.93. The third kappa shape index (κ3) is 12.0. The molecule has 0 atom stereocenters. The minimum absolute atomic E-state index is 0. The molecule has 0 radical (unpaired) electrons. The molecule has 25 heavy (non-hydrogen) atoms. The first-order chi connectivity index (χ1) is 11.7. The molecule has 0 aliphatic heterocycles. The van der Waals surface area contributed by atoms with Crippen LogP contribution >= 0.6 is 48.0 Å². The van der Waals surface area contributed by atoms with Crippen molar-refractivity contribution < 1.29 is 16.5 Å². The molecule has 2 rings (SSSR count). The fraction of sp³-hybridized carbons (Fsp3) is 0.143. The molecule has 0 amide bonds. The molecule has 0 bridgehead atoms. The van der Waals surface area contributed by atoms with Gasteiger partial charge in [0.15, 0.2) is 8.64 Å². The number of hydrogen-bond donors (Lipinski definition) is 4. The van der Waals surface area contributed by atoms with Crippen molar-refractivity contribution in [1.82, 2.24) is 20.8 Å². The monoisotopic (exact) mass is 456 g/mol. The second-order valence-electron chi connectivity index (χ2n) is 3.97. The molecule has 0 aliphatic carbocycles. The molecule has 6 nitrogen and oxygen atoms in total. The molecular formula is C14H18N6NiS4. The summed E-state index contributed by atoms with van der Waals surface area (Å²) in [6.45, 7) is 0. The van der Waals surface area contributed by atoms with Gasteiger partial charge in [-0.3, -0.25) is 10.9 Å². The second kappa shape index (κ2) is 15.2. The third-order valence-corrected chi connectivity index (χ3v) is 4.44. The summed E-state index contributed by atoms with van der Waals surface area (Å²) in [6.07, 6.45) is 10.9. The summed E-state index contributed by atoms with van der Waals surface area (Å²) in [7, 11) is 0. The van der Waals surface area contributed by atoms with Crippen molar-refractivity contribution in [2.24, 2.45) is 10.2 Å². The summed E-state index contributed by atoms with van der Waals surface area (Å²) in [6, 6.07) is 7.67. The summed E-state index contributed by atoms with van der Waals surface area (Å²) in [5, 5.41) is 7.83. The van der Waals surface area contributed by atoms with E-state index in [1.165, 1.54) is 23.5 Å². The quantitative estimate of drug-likeness (QED) is 0.245. The van der Waals surface area contributed by atoms with Crippen LogP contribution in [0.1, 0.15) is 11.4 Å². The minimum atomic E-state index is 0. The molecule has 0 spiro atoms. The zero-order valence-electron chi connectivity index (χ0n) is 13.5.